The van der Waals surface area contributed by atoms with Crippen molar-refractivity contribution in [3.8, 4) is 0 Å². The number of fused-ring (bicyclic) bond motifs is 1. The number of hydrogen-bond acceptors (Lipinski definition) is 3. The summed E-state index contributed by atoms with van der Waals surface area (Å²) < 4.78 is 14.3. The van der Waals surface area contributed by atoms with Gasteiger partial charge in [-0.05, 0) is 53.0 Å². The second-order valence-corrected chi connectivity index (χ2v) is 6.61. The van der Waals surface area contributed by atoms with Gasteiger partial charge >= 0.3 is 0 Å². The molecule has 2 fully saturated rings. The van der Waals surface area contributed by atoms with Gasteiger partial charge in [-0.15, -0.1) is 0 Å². The highest BCUT2D eigenvalue weighted by molar-refractivity contribution is 9.10. The fourth-order valence-electron chi connectivity index (χ4n) is 3.51. The minimum absolute atomic E-state index is 0.125. The summed E-state index contributed by atoms with van der Waals surface area (Å²) in [5.41, 5.74) is 6.96. The van der Waals surface area contributed by atoms with E-state index in [1.807, 2.05) is 6.07 Å². The number of nitrogens with two attached hydrogens (primary N) is 1. The first-order valence-electron chi connectivity index (χ1n) is 7.32. The van der Waals surface area contributed by atoms with Gasteiger partial charge in [-0.2, -0.15) is 0 Å². The second kappa shape index (κ2) is 6.10. The number of nitrogens with zero attached hydrogens (tertiary/aromatic N) is 2. The monoisotopic (exact) mass is 341 g/mol. The van der Waals surface area contributed by atoms with Gasteiger partial charge in [-0.3, -0.25) is 9.80 Å². The molecular weight excluding hydrogens is 321 g/mol. The third-order valence-corrected chi connectivity index (χ3v) is 5.25. The van der Waals surface area contributed by atoms with E-state index < -0.39 is 0 Å². The van der Waals surface area contributed by atoms with Gasteiger partial charge in [0, 0.05) is 38.3 Å². The lowest BCUT2D eigenvalue weighted by atomic mass is 10.0. The largest absolute Gasteiger partial charge is 0.329 e. The lowest BCUT2D eigenvalue weighted by Gasteiger charge is -2.41. The maximum absolute atomic E-state index is 13.7. The van der Waals surface area contributed by atoms with Gasteiger partial charge in [0.25, 0.3) is 0 Å². The van der Waals surface area contributed by atoms with Crippen LogP contribution in [0.25, 0.3) is 0 Å². The highest BCUT2D eigenvalue weighted by atomic mass is 79.9. The van der Waals surface area contributed by atoms with Gasteiger partial charge in [0.1, 0.15) is 5.82 Å². The van der Waals surface area contributed by atoms with Gasteiger partial charge in [0.05, 0.1) is 4.47 Å². The fourth-order valence-corrected chi connectivity index (χ4v) is 3.76. The van der Waals surface area contributed by atoms with Crippen LogP contribution >= 0.6 is 15.9 Å². The first-order chi connectivity index (χ1) is 9.69. The maximum atomic E-state index is 13.7. The van der Waals surface area contributed by atoms with Gasteiger partial charge in [0.15, 0.2) is 0 Å². The molecule has 2 saturated heterocycles. The van der Waals surface area contributed by atoms with E-state index in [9.17, 15) is 4.39 Å². The maximum Gasteiger partial charge on any atom is 0.137 e. The molecule has 0 aliphatic carbocycles. The van der Waals surface area contributed by atoms with Crippen molar-refractivity contribution in [3.05, 3.63) is 34.1 Å². The number of rotatable bonds is 3. The Morgan fingerprint density at radius 3 is 2.95 bits per heavy atom. The van der Waals surface area contributed by atoms with E-state index in [-0.39, 0.29) is 11.9 Å². The SMILES string of the molecule is NCC(c1ccc(Br)c(F)c1)N1CCN2CCCC2C1. The number of hydrogen-bond donors (Lipinski definition) is 1. The molecule has 1 aromatic rings. The summed E-state index contributed by atoms with van der Waals surface area (Å²) in [5, 5.41) is 0. The molecular formula is C15H21BrFN3. The Bertz CT molecular complexity index is 482. The molecule has 0 aromatic heterocycles. The second-order valence-electron chi connectivity index (χ2n) is 5.75. The molecule has 0 radical (unpaired) electrons. The molecule has 1 aromatic carbocycles. The Morgan fingerprint density at radius 1 is 1.35 bits per heavy atom. The average molecular weight is 342 g/mol. The molecule has 20 heavy (non-hydrogen) atoms. The van der Waals surface area contributed by atoms with Crippen LogP contribution in [0.15, 0.2) is 22.7 Å². The predicted molar refractivity (Wildman–Crippen MR) is 82.1 cm³/mol. The zero-order valence-electron chi connectivity index (χ0n) is 11.6. The van der Waals surface area contributed by atoms with Gasteiger partial charge in [-0.25, -0.2) is 4.39 Å². The molecule has 0 amide bonds. The third kappa shape index (κ3) is 2.77. The van der Waals surface area contributed by atoms with Gasteiger partial charge < -0.3 is 5.73 Å². The number of piperazine rings is 1. The molecule has 0 spiro atoms. The van der Waals surface area contributed by atoms with Crippen LogP contribution < -0.4 is 5.73 Å². The van der Waals surface area contributed by atoms with E-state index in [2.05, 4.69) is 25.7 Å². The lowest BCUT2D eigenvalue weighted by Crippen LogP contribution is -2.52. The zero-order valence-corrected chi connectivity index (χ0v) is 13.2. The summed E-state index contributed by atoms with van der Waals surface area (Å²) in [6.45, 7) is 4.96. The lowest BCUT2D eigenvalue weighted by molar-refractivity contribution is 0.0736. The Hall–Kier alpha value is -0.490. The molecule has 2 unspecified atom stereocenters. The first-order valence-corrected chi connectivity index (χ1v) is 8.11. The number of halogens is 2. The Kier molecular flexibility index (Phi) is 4.40. The van der Waals surface area contributed by atoms with Crippen molar-refractivity contribution in [1.29, 1.82) is 0 Å². The molecule has 0 saturated carbocycles. The van der Waals surface area contributed by atoms with Crippen molar-refractivity contribution in [1.82, 2.24) is 9.80 Å². The van der Waals surface area contributed by atoms with E-state index >= 15 is 0 Å². The van der Waals surface area contributed by atoms with E-state index in [1.54, 1.807) is 12.1 Å². The van der Waals surface area contributed by atoms with E-state index in [0.29, 0.717) is 17.1 Å². The van der Waals surface area contributed by atoms with Crippen molar-refractivity contribution >= 4 is 15.9 Å². The summed E-state index contributed by atoms with van der Waals surface area (Å²) in [6, 6.07) is 6.16. The molecule has 3 nitrogen and oxygen atoms in total. The fraction of sp³-hybridized carbons (Fsp3) is 0.600. The summed E-state index contributed by atoms with van der Waals surface area (Å²) >= 11 is 3.21. The molecule has 5 heteroatoms. The van der Waals surface area contributed by atoms with E-state index in [4.69, 9.17) is 5.73 Å². The molecule has 110 valence electrons. The first kappa shape index (κ1) is 14.4. The minimum atomic E-state index is -0.208. The van der Waals surface area contributed by atoms with E-state index in [0.717, 1.165) is 25.2 Å². The third-order valence-electron chi connectivity index (χ3n) is 4.61. The van der Waals surface area contributed by atoms with E-state index in [1.165, 1.54) is 19.4 Å². The van der Waals surface area contributed by atoms with Crippen molar-refractivity contribution in [2.24, 2.45) is 5.73 Å². The summed E-state index contributed by atoms with van der Waals surface area (Å²) in [6.07, 6.45) is 2.58. The minimum Gasteiger partial charge on any atom is -0.329 e. The summed E-state index contributed by atoms with van der Waals surface area (Å²) in [4.78, 5) is 5.00. The van der Waals surface area contributed by atoms with Crippen LogP contribution in [0.2, 0.25) is 0 Å². The normalized spacial score (nSPS) is 25.6. The molecule has 2 N–H and O–H groups in total. The van der Waals surface area contributed by atoms with Crippen LogP contribution in [0.5, 0.6) is 0 Å². The number of benzene rings is 1. The molecule has 2 atom stereocenters. The van der Waals surface area contributed by atoms with Crippen molar-refractivity contribution in [3.63, 3.8) is 0 Å². The van der Waals surface area contributed by atoms with Crippen LogP contribution in [-0.4, -0.2) is 48.6 Å². The molecule has 2 heterocycles. The Labute approximate surface area is 128 Å². The topological polar surface area (TPSA) is 32.5 Å². The highest BCUT2D eigenvalue weighted by Gasteiger charge is 2.33. The van der Waals surface area contributed by atoms with Crippen LogP contribution in [0, 0.1) is 5.82 Å². The highest BCUT2D eigenvalue weighted by Crippen LogP contribution is 2.29. The van der Waals surface area contributed by atoms with Gasteiger partial charge in [-0.1, -0.05) is 6.07 Å². The molecule has 3 rings (SSSR count). The molecule has 2 aliphatic rings. The van der Waals surface area contributed by atoms with Crippen molar-refractivity contribution in [2.45, 2.75) is 24.9 Å². The molecule has 0 bridgehead atoms. The predicted octanol–water partition coefficient (Wildman–Crippen LogP) is 2.37. The summed E-state index contributed by atoms with van der Waals surface area (Å²) in [5.74, 6) is -0.208. The van der Waals surface area contributed by atoms with Crippen molar-refractivity contribution < 1.29 is 4.39 Å². The Balaban J connectivity index is 1.77. The standard InChI is InChI=1S/C15H21BrFN3/c16-13-4-3-11(8-14(13)17)15(9-18)20-7-6-19-5-1-2-12(19)10-20/h3-4,8,12,15H,1-2,5-7,9-10,18H2. The average Bonchev–Trinajstić information content (AvgIpc) is 2.91. The zero-order chi connectivity index (χ0) is 14.1. The smallest absolute Gasteiger partial charge is 0.137 e. The quantitative estimate of drug-likeness (QED) is 0.915. The van der Waals surface area contributed by atoms with Gasteiger partial charge in [0.2, 0.25) is 0 Å². The molecule has 2 aliphatic heterocycles. The Morgan fingerprint density at radius 2 is 2.20 bits per heavy atom. The van der Waals surface area contributed by atoms with Crippen LogP contribution in [0.1, 0.15) is 24.4 Å². The van der Waals surface area contributed by atoms with Crippen molar-refractivity contribution in [2.75, 3.05) is 32.7 Å². The van der Waals surface area contributed by atoms with Crippen LogP contribution in [0.4, 0.5) is 4.39 Å². The van der Waals surface area contributed by atoms with Crippen LogP contribution in [-0.2, 0) is 0 Å². The van der Waals surface area contributed by atoms with Crippen LogP contribution in [0.3, 0.4) is 0 Å². The summed E-state index contributed by atoms with van der Waals surface area (Å²) in [7, 11) is 0.